The summed E-state index contributed by atoms with van der Waals surface area (Å²) in [6, 6.07) is 4.23. The Labute approximate surface area is 137 Å². The van der Waals surface area contributed by atoms with Gasteiger partial charge in [0.25, 0.3) is 0 Å². The van der Waals surface area contributed by atoms with Gasteiger partial charge in [-0.2, -0.15) is 0 Å². The molecule has 0 radical (unpaired) electrons. The van der Waals surface area contributed by atoms with Crippen LogP contribution >= 0.6 is 0 Å². The van der Waals surface area contributed by atoms with Gasteiger partial charge in [-0.25, -0.2) is 0 Å². The van der Waals surface area contributed by atoms with Crippen LogP contribution in [0.2, 0.25) is 0 Å². The Morgan fingerprint density at radius 2 is 2.04 bits per heavy atom. The molecule has 0 bridgehead atoms. The second-order valence-corrected chi connectivity index (χ2v) is 6.91. The van der Waals surface area contributed by atoms with Crippen LogP contribution in [-0.4, -0.2) is 35.1 Å². The zero-order valence-corrected chi connectivity index (χ0v) is 14.1. The number of aliphatic hydroxyl groups excluding tert-OH is 1. The first-order chi connectivity index (χ1) is 11.0. The van der Waals surface area contributed by atoms with Crippen LogP contribution < -0.4 is 0 Å². The Bertz CT molecular complexity index is 709. The molecule has 1 aromatic carbocycles. The van der Waals surface area contributed by atoms with Gasteiger partial charge < -0.3 is 14.4 Å². The lowest BCUT2D eigenvalue weighted by molar-refractivity contribution is -0.132. The maximum absolute atomic E-state index is 12.5. The number of carbonyl (C=O) groups is 1. The monoisotopic (exact) mass is 315 g/mol. The average molecular weight is 315 g/mol. The van der Waals surface area contributed by atoms with Gasteiger partial charge in [-0.15, -0.1) is 0 Å². The second kappa shape index (κ2) is 6.36. The fourth-order valence-corrected chi connectivity index (χ4v) is 3.39. The molecular formula is C19H25NO3. The molecule has 1 fully saturated rings. The molecule has 0 aliphatic carbocycles. The predicted octanol–water partition coefficient (Wildman–Crippen LogP) is 3.39. The van der Waals surface area contributed by atoms with Gasteiger partial charge in [0.15, 0.2) is 0 Å². The van der Waals surface area contributed by atoms with E-state index in [1.165, 1.54) is 11.1 Å². The van der Waals surface area contributed by atoms with E-state index in [4.69, 9.17) is 4.42 Å². The Balaban J connectivity index is 1.82. The fraction of sp³-hybridized carbons (Fsp3) is 0.526. The van der Waals surface area contributed by atoms with Crippen LogP contribution in [0.3, 0.4) is 0 Å². The van der Waals surface area contributed by atoms with Crippen molar-refractivity contribution in [1.29, 1.82) is 0 Å². The minimum atomic E-state index is -0.259. The van der Waals surface area contributed by atoms with Crippen molar-refractivity contribution in [2.75, 3.05) is 13.1 Å². The Morgan fingerprint density at radius 1 is 1.35 bits per heavy atom. The normalized spacial score (nSPS) is 16.5. The summed E-state index contributed by atoms with van der Waals surface area (Å²) in [6.07, 6.45) is 3.17. The molecule has 2 heterocycles. The van der Waals surface area contributed by atoms with E-state index in [-0.39, 0.29) is 12.0 Å². The van der Waals surface area contributed by atoms with Gasteiger partial charge in [0.05, 0.1) is 18.8 Å². The number of aryl methyl sites for hydroxylation is 1. The summed E-state index contributed by atoms with van der Waals surface area (Å²) in [5.74, 6) is 0.563. The largest absolute Gasteiger partial charge is 0.464 e. The number of benzene rings is 1. The smallest absolute Gasteiger partial charge is 0.227 e. The van der Waals surface area contributed by atoms with Gasteiger partial charge >= 0.3 is 0 Å². The number of nitrogens with zero attached hydrogens (tertiary/aromatic N) is 1. The Hall–Kier alpha value is -1.81. The Kier molecular flexibility index (Phi) is 4.44. The zero-order chi connectivity index (χ0) is 16.6. The summed E-state index contributed by atoms with van der Waals surface area (Å²) in [6.45, 7) is 7.75. The second-order valence-electron chi connectivity index (χ2n) is 6.91. The maximum Gasteiger partial charge on any atom is 0.227 e. The third-order valence-corrected chi connectivity index (χ3v) is 4.82. The number of aliphatic hydroxyl groups is 1. The number of rotatable bonds is 3. The molecule has 1 aliphatic rings. The fourth-order valence-electron chi connectivity index (χ4n) is 3.39. The van der Waals surface area contributed by atoms with E-state index in [0.29, 0.717) is 38.3 Å². The average Bonchev–Trinajstić information content (AvgIpc) is 2.88. The number of hydrogen-bond donors (Lipinski definition) is 1. The van der Waals surface area contributed by atoms with Gasteiger partial charge in [0, 0.05) is 24.0 Å². The summed E-state index contributed by atoms with van der Waals surface area (Å²) in [5.41, 5.74) is 4.33. The van der Waals surface area contributed by atoms with Crippen molar-refractivity contribution >= 4 is 16.9 Å². The molecule has 23 heavy (non-hydrogen) atoms. The van der Waals surface area contributed by atoms with Crippen LogP contribution in [0.4, 0.5) is 0 Å². The molecular weight excluding hydrogens is 290 g/mol. The van der Waals surface area contributed by atoms with E-state index in [9.17, 15) is 9.90 Å². The maximum atomic E-state index is 12.5. The highest BCUT2D eigenvalue weighted by Crippen LogP contribution is 2.29. The SMILES string of the molecule is Cc1cc2occ(CC(=O)N3CCC(O)CC3)c2cc1C(C)C. The van der Waals surface area contributed by atoms with Gasteiger partial charge in [-0.1, -0.05) is 13.8 Å². The van der Waals surface area contributed by atoms with E-state index in [1.54, 1.807) is 6.26 Å². The van der Waals surface area contributed by atoms with Crippen LogP contribution in [0.25, 0.3) is 11.0 Å². The third kappa shape index (κ3) is 3.27. The minimum Gasteiger partial charge on any atom is -0.464 e. The first-order valence-corrected chi connectivity index (χ1v) is 8.42. The molecule has 1 saturated heterocycles. The quantitative estimate of drug-likeness (QED) is 0.944. The highest BCUT2D eigenvalue weighted by molar-refractivity contribution is 5.88. The molecule has 4 heteroatoms. The first kappa shape index (κ1) is 16.1. The van der Waals surface area contributed by atoms with Crippen LogP contribution in [-0.2, 0) is 11.2 Å². The molecule has 1 aliphatic heterocycles. The number of fused-ring (bicyclic) bond motifs is 1. The molecule has 1 N–H and O–H groups in total. The first-order valence-electron chi connectivity index (χ1n) is 8.42. The van der Waals surface area contributed by atoms with Gasteiger partial charge in [-0.3, -0.25) is 4.79 Å². The van der Waals surface area contributed by atoms with Crippen molar-refractivity contribution in [3.8, 4) is 0 Å². The van der Waals surface area contributed by atoms with Crippen LogP contribution in [0.5, 0.6) is 0 Å². The molecule has 124 valence electrons. The van der Waals surface area contributed by atoms with Crippen LogP contribution in [0.15, 0.2) is 22.8 Å². The van der Waals surface area contributed by atoms with Crippen molar-refractivity contribution in [2.45, 2.75) is 52.1 Å². The van der Waals surface area contributed by atoms with E-state index in [1.807, 2.05) is 4.90 Å². The highest BCUT2D eigenvalue weighted by atomic mass is 16.3. The van der Waals surface area contributed by atoms with E-state index >= 15 is 0 Å². The van der Waals surface area contributed by atoms with Crippen LogP contribution in [0, 0.1) is 6.92 Å². The predicted molar refractivity (Wildman–Crippen MR) is 90.6 cm³/mol. The number of carbonyl (C=O) groups excluding carboxylic acids is 1. The standard InChI is InChI=1S/C19H25NO3/c1-12(2)16-10-17-14(11-23-18(17)8-13(16)3)9-19(22)20-6-4-15(21)5-7-20/h8,10-12,15,21H,4-7,9H2,1-3H3. The highest BCUT2D eigenvalue weighted by Gasteiger charge is 2.22. The number of piperidine rings is 1. The lowest BCUT2D eigenvalue weighted by Gasteiger charge is -2.29. The van der Waals surface area contributed by atoms with Gasteiger partial charge in [-0.05, 0) is 48.9 Å². The van der Waals surface area contributed by atoms with E-state index in [0.717, 1.165) is 16.5 Å². The summed E-state index contributed by atoms with van der Waals surface area (Å²) >= 11 is 0. The number of amides is 1. The Morgan fingerprint density at radius 3 is 2.70 bits per heavy atom. The summed E-state index contributed by atoms with van der Waals surface area (Å²) in [7, 11) is 0. The summed E-state index contributed by atoms with van der Waals surface area (Å²) < 4.78 is 5.66. The van der Waals surface area contributed by atoms with Crippen molar-refractivity contribution in [3.05, 3.63) is 35.1 Å². The number of furan rings is 1. The van der Waals surface area contributed by atoms with Crippen molar-refractivity contribution in [2.24, 2.45) is 0 Å². The van der Waals surface area contributed by atoms with E-state index in [2.05, 4.69) is 32.9 Å². The molecule has 2 aromatic rings. The third-order valence-electron chi connectivity index (χ3n) is 4.82. The molecule has 1 aromatic heterocycles. The molecule has 0 unspecified atom stereocenters. The minimum absolute atomic E-state index is 0.117. The molecule has 3 rings (SSSR count). The molecule has 4 nitrogen and oxygen atoms in total. The zero-order valence-electron chi connectivity index (χ0n) is 14.1. The lowest BCUT2D eigenvalue weighted by atomic mass is 9.95. The molecule has 0 saturated carbocycles. The van der Waals surface area contributed by atoms with Gasteiger partial charge in [0.1, 0.15) is 5.58 Å². The van der Waals surface area contributed by atoms with Crippen molar-refractivity contribution < 1.29 is 14.3 Å². The number of likely N-dealkylation sites (tertiary alicyclic amines) is 1. The topological polar surface area (TPSA) is 53.7 Å². The molecule has 0 spiro atoms. The van der Waals surface area contributed by atoms with Crippen molar-refractivity contribution in [1.82, 2.24) is 4.90 Å². The van der Waals surface area contributed by atoms with E-state index < -0.39 is 0 Å². The molecule has 1 amide bonds. The van der Waals surface area contributed by atoms with Crippen LogP contribution in [0.1, 0.15) is 49.3 Å². The summed E-state index contributed by atoms with van der Waals surface area (Å²) in [5, 5.41) is 10.6. The summed E-state index contributed by atoms with van der Waals surface area (Å²) in [4.78, 5) is 14.4. The van der Waals surface area contributed by atoms with Crippen molar-refractivity contribution in [3.63, 3.8) is 0 Å². The number of hydrogen-bond acceptors (Lipinski definition) is 3. The van der Waals surface area contributed by atoms with Gasteiger partial charge in [0.2, 0.25) is 5.91 Å². The lowest BCUT2D eigenvalue weighted by Crippen LogP contribution is -2.40. The molecule has 0 atom stereocenters.